The number of hydrogen-bond acceptors (Lipinski definition) is 5. The predicted molar refractivity (Wildman–Crippen MR) is 72.2 cm³/mol. The molecule has 0 radical (unpaired) electrons. The van der Waals surface area contributed by atoms with E-state index in [2.05, 4.69) is 42.9 Å². The van der Waals surface area contributed by atoms with E-state index >= 15 is 0 Å². The second-order valence-electron chi connectivity index (χ2n) is 3.97. The van der Waals surface area contributed by atoms with E-state index in [1.54, 1.807) is 12.5 Å². The van der Waals surface area contributed by atoms with Crippen molar-refractivity contribution in [2.24, 2.45) is 9.98 Å². The van der Waals surface area contributed by atoms with Gasteiger partial charge in [-0.25, -0.2) is 15.0 Å². The molecule has 0 aromatic carbocycles. The number of nitrogens with zero attached hydrogens (tertiary/aromatic N) is 6. The van der Waals surface area contributed by atoms with Gasteiger partial charge in [-0.15, -0.1) is 0 Å². The quantitative estimate of drug-likeness (QED) is 0.547. The van der Waals surface area contributed by atoms with Crippen molar-refractivity contribution >= 4 is 24.6 Å². The first-order valence-corrected chi connectivity index (χ1v) is 5.87. The summed E-state index contributed by atoms with van der Waals surface area (Å²) in [5.41, 5.74) is 1.67. The van der Waals surface area contributed by atoms with Crippen LogP contribution in [0.5, 0.6) is 0 Å². The van der Waals surface area contributed by atoms with Crippen molar-refractivity contribution in [1.82, 2.24) is 19.5 Å². The minimum absolute atomic E-state index is 0.424. The fraction of sp³-hybridized carbons (Fsp3) is 0.417. The molecule has 0 N–H and O–H groups in total. The van der Waals surface area contributed by atoms with Gasteiger partial charge in [0.2, 0.25) is 0 Å². The van der Waals surface area contributed by atoms with E-state index in [4.69, 9.17) is 0 Å². The van der Waals surface area contributed by atoms with Gasteiger partial charge < -0.3 is 9.56 Å². The normalized spacial score (nSPS) is 10.7. The van der Waals surface area contributed by atoms with Gasteiger partial charge >= 0.3 is 0 Å². The number of aryl methyl sites for hydroxylation is 1. The molecule has 18 heavy (non-hydrogen) atoms. The topological polar surface area (TPSA) is 68.3 Å². The maximum absolute atomic E-state index is 4.32. The van der Waals surface area contributed by atoms with E-state index < -0.39 is 0 Å². The minimum atomic E-state index is 0.424. The second kappa shape index (κ2) is 6.00. The van der Waals surface area contributed by atoms with E-state index in [0.717, 1.165) is 31.4 Å². The van der Waals surface area contributed by atoms with Crippen molar-refractivity contribution in [3.05, 3.63) is 18.3 Å². The van der Waals surface area contributed by atoms with Crippen molar-refractivity contribution in [1.29, 1.82) is 0 Å². The highest BCUT2D eigenvalue weighted by Gasteiger charge is 2.05. The molecule has 0 aliphatic heterocycles. The first-order valence-electron chi connectivity index (χ1n) is 5.87. The van der Waals surface area contributed by atoms with Crippen molar-refractivity contribution < 1.29 is 0 Å². The van der Waals surface area contributed by atoms with Crippen LogP contribution in [-0.2, 0) is 13.1 Å². The molecule has 2 rings (SSSR count). The summed E-state index contributed by atoms with van der Waals surface area (Å²) < 4.78 is 2.06. The minimum Gasteiger partial charge on any atom is -0.328 e. The van der Waals surface area contributed by atoms with E-state index in [1.165, 1.54) is 0 Å². The third-order valence-corrected chi connectivity index (χ3v) is 2.65. The van der Waals surface area contributed by atoms with E-state index in [0.29, 0.717) is 18.0 Å². The third-order valence-electron chi connectivity index (χ3n) is 2.65. The highest BCUT2D eigenvalue weighted by Crippen LogP contribution is 2.10. The van der Waals surface area contributed by atoms with Crippen molar-refractivity contribution in [2.45, 2.75) is 25.9 Å². The zero-order valence-corrected chi connectivity index (χ0v) is 10.3. The second-order valence-corrected chi connectivity index (χ2v) is 3.97. The fourth-order valence-electron chi connectivity index (χ4n) is 1.75. The molecule has 0 saturated carbocycles. The van der Waals surface area contributed by atoms with Gasteiger partial charge in [0, 0.05) is 13.1 Å². The smallest absolute Gasteiger partial charge is 0.181 e. The molecule has 0 fully saturated rings. The molecule has 0 unspecified atom stereocenters. The Bertz CT molecular complexity index is 544. The summed E-state index contributed by atoms with van der Waals surface area (Å²) in [5, 5.41) is 0. The monoisotopic (exact) mass is 244 g/mol. The number of fused-ring (bicyclic) bond motifs is 1. The molecule has 2 aromatic heterocycles. The Morgan fingerprint density at radius 3 is 2.83 bits per heavy atom. The maximum atomic E-state index is 4.32. The van der Waals surface area contributed by atoms with Gasteiger partial charge in [-0.2, -0.15) is 0 Å². The molecule has 94 valence electrons. The lowest BCUT2D eigenvalue weighted by Crippen LogP contribution is -1.99. The molecule has 2 heterocycles. The summed E-state index contributed by atoms with van der Waals surface area (Å²) >= 11 is 0. The van der Waals surface area contributed by atoms with Gasteiger partial charge in [-0.05, 0) is 26.3 Å². The van der Waals surface area contributed by atoms with Crippen LogP contribution in [0.25, 0.3) is 11.2 Å². The Morgan fingerprint density at radius 2 is 2.06 bits per heavy atom. The molecule has 6 nitrogen and oxygen atoms in total. The lowest BCUT2D eigenvalue weighted by molar-refractivity contribution is 0.627. The molecule has 0 saturated heterocycles. The first kappa shape index (κ1) is 12.3. The molecule has 6 heteroatoms. The van der Waals surface area contributed by atoms with Crippen LogP contribution in [0.3, 0.4) is 0 Å². The highest BCUT2D eigenvalue weighted by molar-refractivity contribution is 5.69. The molecule has 2 aromatic rings. The number of imidazole rings is 1. The lowest BCUT2D eigenvalue weighted by atomic mass is 10.3. The SMILES string of the molecule is C=NCCCCn1cnc2nc(CN=C)ncc21. The maximum Gasteiger partial charge on any atom is 0.181 e. The molecule has 0 bridgehead atoms. The first-order chi connectivity index (χ1) is 8.85. The summed E-state index contributed by atoms with van der Waals surface area (Å²) in [6.07, 6.45) is 5.66. The molecular formula is C12H16N6. The van der Waals surface area contributed by atoms with Crippen LogP contribution in [0.1, 0.15) is 18.7 Å². The van der Waals surface area contributed by atoms with Gasteiger partial charge in [-0.3, -0.25) is 4.99 Å². The van der Waals surface area contributed by atoms with Gasteiger partial charge in [-0.1, -0.05) is 0 Å². The number of aliphatic imine (C=N–C) groups is 2. The van der Waals surface area contributed by atoms with Gasteiger partial charge in [0.25, 0.3) is 0 Å². The Hall–Kier alpha value is -2.11. The highest BCUT2D eigenvalue weighted by atomic mass is 15.1. The van der Waals surface area contributed by atoms with Crippen LogP contribution >= 0.6 is 0 Å². The van der Waals surface area contributed by atoms with Gasteiger partial charge in [0.05, 0.1) is 19.1 Å². The van der Waals surface area contributed by atoms with Crippen molar-refractivity contribution in [3.8, 4) is 0 Å². The molecule has 0 spiro atoms. The average Bonchev–Trinajstić information content (AvgIpc) is 2.78. The van der Waals surface area contributed by atoms with E-state index in [-0.39, 0.29) is 0 Å². The average molecular weight is 244 g/mol. The van der Waals surface area contributed by atoms with Gasteiger partial charge in [0.15, 0.2) is 11.5 Å². The van der Waals surface area contributed by atoms with Gasteiger partial charge in [0.1, 0.15) is 5.52 Å². The largest absolute Gasteiger partial charge is 0.328 e. The molecule has 0 amide bonds. The number of hydrogen-bond donors (Lipinski definition) is 0. The number of aromatic nitrogens is 4. The summed E-state index contributed by atoms with van der Waals surface area (Å²) in [4.78, 5) is 20.4. The molecule has 0 aliphatic carbocycles. The van der Waals surface area contributed by atoms with Crippen LogP contribution in [-0.4, -0.2) is 39.5 Å². The van der Waals surface area contributed by atoms with Crippen LogP contribution in [0.2, 0.25) is 0 Å². The zero-order valence-electron chi connectivity index (χ0n) is 10.3. The van der Waals surface area contributed by atoms with E-state index in [1.807, 2.05) is 0 Å². The predicted octanol–water partition coefficient (Wildman–Crippen LogP) is 1.51. The number of rotatable bonds is 7. The zero-order chi connectivity index (χ0) is 12.8. The summed E-state index contributed by atoms with van der Waals surface area (Å²) in [5.74, 6) is 0.651. The lowest BCUT2D eigenvalue weighted by Gasteiger charge is -2.02. The van der Waals surface area contributed by atoms with E-state index in [9.17, 15) is 0 Å². The Morgan fingerprint density at radius 1 is 1.17 bits per heavy atom. The van der Waals surface area contributed by atoms with Crippen molar-refractivity contribution in [3.63, 3.8) is 0 Å². The molecule has 0 atom stereocenters. The van der Waals surface area contributed by atoms with Crippen LogP contribution < -0.4 is 0 Å². The fourth-order valence-corrected chi connectivity index (χ4v) is 1.75. The number of unbranched alkanes of at least 4 members (excludes halogenated alkanes) is 1. The Balaban J connectivity index is 2.10. The Labute approximate surface area is 106 Å². The van der Waals surface area contributed by atoms with Crippen LogP contribution in [0.15, 0.2) is 22.5 Å². The summed E-state index contributed by atoms with van der Waals surface area (Å²) in [6, 6.07) is 0. The summed E-state index contributed by atoms with van der Waals surface area (Å²) in [6.45, 7) is 9.02. The standard InChI is InChI=1S/C12H16N6/c1-13-5-3-4-6-18-9-16-12-10(18)7-15-11(17-12)8-14-2/h7,9H,1-6,8H2. The molecular weight excluding hydrogens is 228 g/mol. The van der Waals surface area contributed by atoms with Crippen LogP contribution in [0, 0.1) is 0 Å². The Kier molecular flexibility index (Phi) is 4.11. The van der Waals surface area contributed by atoms with Crippen molar-refractivity contribution in [2.75, 3.05) is 6.54 Å². The third kappa shape index (κ3) is 2.77. The van der Waals surface area contributed by atoms with Crippen LogP contribution in [0.4, 0.5) is 0 Å². The summed E-state index contributed by atoms with van der Waals surface area (Å²) in [7, 11) is 0. The molecule has 0 aliphatic rings.